The minimum absolute atomic E-state index is 0.0782. The maximum atomic E-state index is 13.0. The number of nitrogens with zero attached hydrogens (tertiary/aromatic N) is 2. The number of carbonyl (C=O) groups excluding carboxylic acids is 1. The molecule has 30 heavy (non-hydrogen) atoms. The number of aromatic nitrogens is 2. The quantitative estimate of drug-likeness (QED) is 0.746. The molecule has 2 atom stereocenters. The van der Waals surface area contributed by atoms with Crippen LogP contribution in [-0.2, 0) is 40.0 Å². The van der Waals surface area contributed by atoms with Gasteiger partial charge in [-0.1, -0.05) is 18.0 Å². The Bertz CT molecular complexity index is 968. The van der Waals surface area contributed by atoms with Gasteiger partial charge >= 0.3 is 12.1 Å². The zero-order valence-corrected chi connectivity index (χ0v) is 16.6. The summed E-state index contributed by atoms with van der Waals surface area (Å²) in [4.78, 5) is 29.4. The van der Waals surface area contributed by atoms with Crippen molar-refractivity contribution >= 4 is 23.1 Å². The summed E-state index contributed by atoms with van der Waals surface area (Å²) in [6.45, 7) is 0.691. The smallest absolute Gasteiger partial charge is 0.455 e. The highest BCUT2D eigenvalue weighted by atomic mass is 32.1. The third-order valence-electron chi connectivity index (χ3n) is 5.62. The first-order valence-corrected chi connectivity index (χ1v) is 10.4. The van der Waals surface area contributed by atoms with Crippen LogP contribution in [0.5, 0.6) is 0 Å². The molecule has 1 aliphatic heterocycles. The van der Waals surface area contributed by atoms with Gasteiger partial charge in [0.25, 0.3) is 11.7 Å². The third-order valence-corrected chi connectivity index (χ3v) is 6.82. The number of carbonyl (C=O) groups is 2. The SMILES string of the molecule is O=C(O)[C@H]1CCCC[C@@H]1C(=O)Cc1sc2c(c1-c1nc(C(F)(F)F)no1)CCOC2. The molecule has 7 nitrogen and oxygen atoms in total. The summed E-state index contributed by atoms with van der Waals surface area (Å²) < 4.78 is 49.2. The van der Waals surface area contributed by atoms with Crippen molar-refractivity contribution < 1.29 is 37.1 Å². The second kappa shape index (κ2) is 8.10. The molecule has 0 amide bonds. The molecule has 3 heterocycles. The number of ether oxygens (including phenoxy) is 1. The molecule has 1 aliphatic carbocycles. The van der Waals surface area contributed by atoms with Crippen molar-refractivity contribution in [2.45, 2.75) is 51.3 Å². The molecule has 1 N–H and O–H groups in total. The van der Waals surface area contributed by atoms with Crippen LogP contribution in [0.3, 0.4) is 0 Å². The minimum Gasteiger partial charge on any atom is -0.481 e. The number of alkyl halides is 3. The molecule has 11 heteroatoms. The fraction of sp³-hybridized carbons (Fsp3) is 0.579. The van der Waals surface area contributed by atoms with Gasteiger partial charge in [-0.05, 0) is 24.8 Å². The Balaban J connectivity index is 1.68. The van der Waals surface area contributed by atoms with Crippen LogP contribution in [0.4, 0.5) is 13.2 Å². The number of hydrogen-bond acceptors (Lipinski definition) is 7. The standard InChI is InChI=1S/C19H19F3N2O5S/c20-19(21,22)18-23-16(29-24-18)15-11-5-6-28-8-14(11)30-13(15)7-12(25)9-3-1-2-4-10(9)17(26)27/h9-10H,1-8H2,(H,26,27)/t9-,10-/m0/s1. The molecule has 0 bridgehead atoms. The van der Waals surface area contributed by atoms with Crippen LogP contribution in [0.15, 0.2) is 4.52 Å². The van der Waals surface area contributed by atoms with E-state index in [4.69, 9.17) is 9.26 Å². The van der Waals surface area contributed by atoms with E-state index in [9.17, 15) is 27.9 Å². The first kappa shape index (κ1) is 21.0. The first-order valence-electron chi connectivity index (χ1n) is 9.63. The summed E-state index contributed by atoms with van der Waals surface area (Å²) in [5.41, 5.74) is 1.11. The highest BCUT2D eigenvalue weighted by molar-refractivity contribution is 7.12. The summed E-state index contributed by atoms with van der Waals surface area (Å²) in [7, 11) is 0. The van der Waals surface area contributed by atoms with Crippen LogP contribution in [0.2, 0.25) is 0 Å². The summed E-state index contributed by atoms with van der Waals surface area (Å²) in [5, 5.41) is 12.5. The van der Waals surface area contributed by atoms with Crippen molar-refractivity contribution in [3.8, 4) is 11.5 Å². The number of carboxylic acids is 1. The molecule has 0 spiro atoms. The topological polar surface area (TPSA) is 103 Å². The van der Waals surface area contributed by atoms with Crippen LogP contribution in [0.1, 0.15) is 46.8 Å². The van der Waals surface area contributed by atoms with Gasteiger partial charge in [-0.25, -0.2) is 0 Å². The van der Waals surface area contributed by atoms with Crippen molar-refractivity contribution in [1.82, 2.24) is 10.1 Å². The Morgan fingerprint density at radius 1 is 1.20 bits per heavy atom. The molecule has 0 saturated heterocycles. The van der Waals surface area contributed by atoms with Gasteiger partial charge in [0.05, 0.1) is 24.7 Å². The molecule has 162 valence electrons. The van der Waals surface area contributed by atoms with Crippen molar-refractivity contribution in [3.05, 3.63) is 21.1 Å². The van der Waals surface area contributed by atoms with Gasteiger partial charge < -0.3 is 14.4 Å². The maximum absolute atomic E-state index is 13.0. The van der Waals surface area contributed by atoms with E-state index >= 15 is 0 Å². The zero-order valence-electron chi connectivity index (χ0n) is 15.8. The molecule has 1 fully saturated rings. The van der Waals surface area contributed by atoms with E-state index in [1.165, 1.54) is 11.3 Å². The molecule has 2 aromatic rings. The normalized spacial score (nSPS) is 22.0. The number of hydrogen-bond donors (Lipinski definition) is 1. The number of Topliss-reactive ketones (excluding diaryl/α,β-unsaturated/α-hetero) is 1. The summed E-state index contributed by atoms with van der Waals surface area (Å²) in [6, 6.07) is 0. The highest BCUT2D eigenvalue weighted by Crippen LogP contribution is 2.41. The minimum atomic E-state index is -4.74. The Hall–Kier alpha value is -2.27. The molecule has 0 unspecified atom stereocenters. The van der Waals surface area contributed by atoms with Crippen LogP contribution in [0, 0.1) is 11.8 Å². The van der Waals surface area contributed by atoms with Crippen molar-refractivity contribution in [2.75, 3.05) is 6.61 Å². The summed E-state index contributed by atoms with van der Waals surface area (Å²) in [5.74, 6) is -4.19. The number of rotatable bonds is 5. The predicted octanol–water partition coefficient (Wildman–Crippen LogP) is 3.89. The second-order valence-electron chi connectivity index (χ2n) is 7.50. The van der Waals surface area contributed by atoms with Gasteiger partial charge in [0, 0.05) is 22.1 Å². The molecule has 0 radical (unpaired) electrons. The average Bonchev–Trinajstić information content (AvgIpc) is 3.32. The number of ketones is 1. The number of fused-ring (bicyclic) bond motifs is 1. The lowest BCUT2D eigenvalue weighted by atomic mass is 9.76. The van der Waals surface area contributed by atoms with Gasteiger partial charge in [-0.15, -0.1) is 11.3 Å². The van der Waals surface area contributed by atoms with Crippen molar-refractivity contribution in [1.29, 1.82) is 0 Å². The molecular formula is C19H19F3N2O5S. The second-order valence-corrected chi connectivity index (χ2v) is 8.69. The van der Waals surface area contributed by atoms with Gasteiger partial charge in [0.2, 0.25) is 0 Å². The lowest BCUT2D eigenvalue weighted by Crippen LogP contribution is -2.33. The Morgan fingerprint density at radius 3 is 2.60 bits per heavy atom. The molecular weight excluding hydrogens is 425 g/mol. The van der Waals surface area contributed by atoms with Crippen LogP contribution in [0.25, 0.3) is 11.5 Å². The number of carboxylic acid groups (broad SMARTS) is 1. The lowest BCUT2D eigenvalue weighted by Gasteiger charge is -2.27. The molecule has 0 aromatic carbocycles. The fourth-order valence-corrected chi connectivity index (χ4v) is 5.50. The number of aliphatic carboxylic acids is 1. The molecule has 2 aromatic heterocycles. The van der Waals surface area contributed by atoms with E-state index in [2.05, 4.69) is 10.1 Å². The zero-order chi connectivity index (χ0) is 21.5. The number of halogens is 3. The van der Waals surface area contributed by atoms with E-state index in [1.54, 1.807) is 0 Å². The van der Waals surface area contributed by atoms with Crippen LogP contribution < -0.4 is 0 Å². The maximum Gasteiger partial charge on any atom is 0.455 e. The Morgan fingerprint density at radius 2 is 1.93 bits per heavy atom. The van der Waals surface area contributed by atoms with Gasteiger partial charge in [-0.3, -0.25) is 9.59 Å². The fourth-order valence-electron chi connectivity index (χ4n) is 4.20. The van der Waals surface area contributed by atoms with E-state index in [-0.39, 0.29) is 18.1 Å². The Labute approximate surface area is 173 Å². The van der Waals surface area contributed by atoms with Crippen molar-refractivity contribution in [2.24, 2.45) is 11.8 Å². The largest absolute Gasteiger partial charge is 0.481 e. The van der Waals surface area contributed by atoms with E-state index in [1.807, 2.05) is 0 Å². The molecule has 4 rings (SSSR count). The van der Waals surface area contributed by atoms with E-state index in [0.29, 0.717) is 42.9 Å². The van der Waals surface area contributed by atoms with Crippen LogP contribution >= 0.6 is 11.3 Å². The third kappa shape index (κ3) is 4.00. The van der Waals surface area contributed by atoms with Gasteiger partial charge in [0.1, 0.15) is 5.78 Å². The summed E-state index contributed by atoms with van der Waals surface area (Å²) >= 11 is 1.27. The predicted molar refractivity (Wildman–Crippen MR) is 97.8 cm³/mol. The average molecular weight is 444 g/mol. The molecule has 1 saturated carbocycles. The number of thiophene rings is 1. The monoisotopic (exact) mass is 444 g/mol. The van der Waals surface area contributed by atoms with Gasteiger partial charge in [0.15, 0.2) is 0 Å². The van der Waals surface area contributed by atoms with Crippen molar-refractivity contribution in [3.63, 3.8) is 0 Å². The summed E-state index contributed by atoms with van der Waals surface area (Å²) in [6.07, 6.45) is -1.87. The van der Waals surface area contributed by atoms with Gasteiger partial charge in [-0.2, -0.15) is 18.2 Å². The Kier molecular flexibility index (Phi) is 5.67. The first-order chi connectivity index (χ1) is 14.3. The lowest BCUT2D eigenvalue weighted by molar-refractivity contribution is -0.148. The van der Waals surface area contributed by atoms with E-state index in [0.717, 1.165) is 23.3 Å². The van der Waals surface area contributed by atoms with E-state index < -0.39 is 29.8 Å². The van der Waals surface area contributed by atoms with Crippen LogP contribution in [-0.4, -0.2) is 33.6 Å². The molecule has 2 aliphatic rings. The highest BCUT2D eigenvalue weighted by Gasteiger charge is 2.39.